The zero-order valence-electron chi connectivity index (χ0n) is 17.9. The summed E-state index contributed by atoms with van der Waals surface area (Å²) in [6.45, 7) is 6.18. The Labute approximate surface area is 181 Å². The maximum atomic E-state index is 11.9. The third-order valence-electron chi connectivity index (χ3n) is 6.03. The molecule has 0 aromatic rings. The molecule has 31 heavy (non-hydrogen) atoms. The van der Waals surface area contributed by atoms with Gasteiger partial charge >= 0.3 is 10.4 Å². The first-order valence-electron chi connectivity index (χ1n) is 9.98. The molecule has 2 rings (SSSR count). The normalized spacial score (nSPS) is 40.2. The molecule has 5 N–H and O–H groups in total. The molecule has 0 unspecified atom stereocenters. The Balaban J connectivity index is 2.16. The summed E-state index contributed by atoms with van der Waals surface area (Å²) >= 11 is 0. The lowest BCUT2D eigenvalue weighted by Crippen LogP contribution is -2.60. The van der Waals surface area contributed by atoms with E-state index in [0.717, 1.165) is 0 Å². The van der Waals surface area contributed by atoms with Crippen molar-refractivity contribution in [2.45, 2.75) is 82.9 Å². The van der Waals surface area contributed by atoms with Gasteiger partial charge in [0.05, 0.1) is 18.3 Å². The molecule has 180 valence electrons. The molecule has 8 atom stereocenters. The van der Waals surface area contributed by atoms with Crippen LogP contribution in [0.15, 0.2) is 12.2 Å². The van der Waals surface area contributed by atoms with Crippen molar-refractivity contribution in [2.24, 2.45) is 11.3 Å². The van der Waals surface area contributed by atoms with E-state index in [4.69, 9.17) is 14.0 Å². The van der Waals surface area contributed by atoms with E-state index in [0.29, 0.717) is 0 Å². The number of aliphatic hydroxyl groups is 4. The summed E-state index contributed by atoms with van der Waals surface area (Å²) in [5.74, 6) is -0.276. The van der Waals surface area contributed by atoms with E-state index in [1.807, 2.05) is 0 Å². The molecule has 1 saturated heterocycles. The molecule has 2 fully saturated rings. The standard InChI is InChI=1S/C19H32O11S/c1-10-7-12(21)8-18(3,4)19(10,24)6-5-11(2)28-17-15(23)16(30-31(25,26)27)14(22)13(9-20)29-17/h5-6,10-11,13-17,20,22-24H,7-9H2,1-4H3,(H,25,26,27)/b6-5+/t10-,11-,13-,14-,15-,16+,17-,19-/m1/s1. The van der Waals surface area contributed by atoms with Gasteiger partial charge in [-0.15, -0.1) is 0 Å². The van der Waals surface area contributed by atoms with Crippen molar-refractivity contribution in [1.29, 1.82) is 0 Å². The molecule has 1 saturated carbocycles. The number of hydrogen-bond donors (Lipinski definition) is 5. The number of hydrogen-bond acceptors (Lipinski definition) is 10. The largest absolute Gasteiger partial charge is 0.397 e. The second kappa shape index (κ2) is 9.49. The van der Waals surface area contributed by atoms with E-state index in [9.17, 15) is 33.6 Å². The van der Waals surface area contributed by atoms with Gasteiger partial charge < -0.3 is 29.9 Å². The van der Waals surface area contributed by atoms with Gasteiger partial charge in [0.15, 0.2) is 6.29 Å². The van der Waals surface area contributed by atoms with Crippen LogP contribution in [0, 0.1) is 11.3 Å². The minimum atomic E-state index is -5.02. The van der Waals surface area contributed by atoms with E-state index in [-0.39, 0.29) is 24.5 Å². The Morgan fingerprint density at radius 3 is 2.42 bits per heavy atom. The third-order valence-corrected chi connectivity index (χ3v) is 6.50. The smallest absolute Gasteiger partial charge is 0.394 e. The van der Waals surface area contributed by atoms with Crippen LogP contribution in [0.1, 0.15) is 40.5 Å². The Morgan fingerprint density at radius 2 is 1.90 bits per heavy atom. The summed E-state index contributed by atoms with van der Waals surface area (Å²) in [6.07, 6.45) is -5.55. The van der Waals surface area contributed by atoms with Crippen molar-refractivity contribution in [3.63, 3.8) is 0 Å². The first kappa shape index (κ1) is 26.3. The van der Waals surface area contributed by atoms with Crippen LogP contribution < -0.4 is 0 Å². The number of aliphatic hydroxyl groups excluding tert-OH is 3. The van der Waals surface area contributed by atoms with Crippen LogP contribution >= 0.6 is 0 Å². The molecule has 0 amide bonds. The van der Waals surface area contributed by atoms with Crippen molar-refractivity contribution < 1.29 is 51.8 Å². The van der Waals surface area contributed by atoms with Crippen LogP contribution in [0.4, 0.5) is 0 Å². The van der Waals surface area contributed by atoms with Gasteiger partial charge in [-0.1, -0.05) is 32.9 Å². The van der Waals surface area contributed by atoms with Crippen LogP contribution in [0.25, 0.3) is 0 Å². The molecule has 1 heterocycles. The highest BCUT2D eigenvalue weighted by atomic mass is 32.3. The van der Waals surface area contributed by atoms with Gasteiger partial charge in [0, 0.05) is 18.3 Å². The molecule has 1 aliphatic heterocycles. The first-order valence-corrected chi connectivity index (χ1v) is 11.3. The van der Waals surface area contributed by atoms with Crippen molar-refractivity contribution in [3.05, 3.63) is 12.2 Å². The van der Waals surface area contributed by atoms with Crippen molar-refractivity contribution in [3.8, 4) is 0 Å². The van der Waals surface area contributed by atoms with Crippen molar-refractivity contribution in [1.82, 2.24) is 0 Å². The van der Waals surface area contributed by atoms with Gasteiger partial charge in [-0.05, 0) is 12.8 Å². The molecule has 0 spiro atoms. The van der Waals surface area contributed by atoms with Crippen molar-refractivity contribution >= 4 is 16.2 Å². The Morgan fingerprint density at radius 1 is 1.29 bits per heavy atom. The van der Waals surface area contributed by atoms with Gasteiger partial charge in [-0.3, -0.25) is 9.35 Å². The Bertz CT molecular complexity index is 780. The fourth-order valence-corrected chi connectivity index (χ4v) is 4.73. The van der Waals surface area contributed by atoms with E-state index in [1.165, 1.54) is 12.2 Å². The average molecular weight is 469 g/mol. The maximum Gasteiger partial charge on any atom is 0.397 e. The van der Waals surface area contributed by atoms with Crippen molar-refractivity contribution in [2.75, 3.05) is 6.61 Å². The van der Waals surface area contributed by atoms with Crippen LogP contribution in [0.2, 0.25) is 0 Å². The highest BCUT2D eigenvalue weighted by Gasteiger charge is 2.51. The number of Topliss-reactive ketones (excluding diaryl/α,β-unsaturated/α-hetero) is 1. The van der Waals surface area contributed by atoms with Gasteiger partial charge in [-0.25, -0.2) is 4.18 Å². The maximum absolute atomic E-state index is 11.9. The third kappa shape index (κ3) is 5.89. The molecular weight excluding hydrogens is 436 g/mol. The van der Waals surface area contributed by atoms with E-state index in [1.54, 1.807) is 27.7 Å². The summed E-state index contributed by atoms with van der Waals surface area (Å²) in [6, 6.07) is 0. The van der Waals surface area contributed by atoms with Crippen LogP contribution in [0.5, 0.6) is 0 Å². The number of carbonyl (C=O) groups is 1. The predicted molar refractivity (Wildman–Crippen MR) is 106 cm³/mol. The zero-order chi connectivity index (χ0) is 23.8. The number of ether oxygens (including phenoxy) is 2. The molecule has 0 aromatic carbocycles. The summed E-state index contributed by atoms with van der Waals surface area (Å²) in [7, 11) is -5.02. The van der Waals surface area contributed by atoms with Crippen LogP contribution in [-0.4, -0.2) is 88.2 Å². The SMILES string of the molecule is C[C@H](/C=C/[C@@]1(O)[C@H](C)CC(=O)CC1(C)C)O[C@@H]1O[C@H](CO)[C@@H](O)[C@H](OS(=O)(=O)O)[C@H]1O. The topological polar surface area (TPSA) is 180 Å². The first-order chi connectivity index (χ1) is 14.1. The van der Waals surface area contributed by atoms with Gasteiger partial charge in [0.2, 0.25) is 0 Å². The number of carbonyl (C=O) groups excluding carboxylic acids is 1. The quantitative estimate of drug-likeness (QED) is 0.236. The lowest BCUT2D eigenvalue weighted by molar-refractivity contribution is -0.302. The fraction of sp³-hybridized carbons (Fsp3) is 0.842. The second-order valence-electron chi connectivity index (χ2n) is 8.93. The lowest BCUT2D eigenvalue weighted by atomic mass is 9.60. The molecule has 0 aromatic heterocycles. The summed E-state index contributed by atoms with van der Waals surface area (Å²) in [4.78, 5) is 11.9. The van der Waals surface area contributed by atoms with Gasteiger partial charge in [-0.2, -0.15) is 8.42 Å². The van der Waals surface area contributed by atoms with Gasteiger partial charge in [0.1, 0.15) is 30.2 Å². The summed E-state index contributed by atoms with van der Waals surface area (Å²) < 4.78 is 46.2. The highest BCUT2D eigenvalue weighted by Crippen LogP contribution is 2.46. The van der Waals surface area contributed by atoms with Crippen LogP contribution in [-0.2, 0) is 28.9 Å². The van der Waals surface area contributed by atoms with E-state index >= 15 is 0 Å². The summed E-state index contributed by atoms with van der Waals surface area (Å²) in [5, 5.41) is 41.0. The van der Waals surface area contributed by atoms with E-state index in [2.05, 4.69) is 4.18 Å². The average Bonchev–Trinajstić information content (AvgIpc) is 2.62. The number of rotatable bonds is 7. The van der Waals surface area contributed by atoms with E-state index < -0.39 is 64.8 Å². The molecule has 11 nitrogen and oxygen atoms in total. The molecule has 0 radical (unpaired) electrons. The summed E-state index contributed by atoms with van der Waals surface area (Å²) in [5.41, 5.74) is -2.02. The molecule has 12 heteroatoms. The van der Waals surface area contributed by atoms with Gasteiger partial charge in [0.25, 0.3) is 0 Å². The molecular formula is C19H32O11S. The molecule has 1 aliphatic carbocycles. The minimum Gasteiger partial charge on any atom is -0.394 e. The Kier molecular flexibility index (Phi) is 8.05. The highest BCUT2D eigenvalue weighted by molar-refractivity contribution is 7.80. The Hall–Kier alpha value is -0.960. The molecule has 0 bridgehead atoms. The second-order valence-corrected chi connectivity index (χ2v) is 9.97. The molecule has 2 aliphatic rings. The fourth-order valence-electron chi connectivity index (χ4n) is 4.22. The van der Waals surface area contributed by atoms with Crippen LogP contribution in [0.3, 0.4) is 0 Å². The monoisotopic (exact) mass is 468 g/mol. The predicted octanol–water partition coefficient (Wildman–Crippen LogP) is -0.669. The zero-order valence-corrected chi connectivity index (χ0v) is 18.7. The minimum absolute atomic E-state index is 0.0667. The lowest BCUT2D eigenvalue weighted by Gasteiger charge is -2.48. The number of ketones is 1.